The van der Waals surface area contributed by atoms with Crippen LogP contribution in [0, 0.1) is 13.8 Å². The highest BCUT2D eigenvalue weighted by molar-refractivity contribution is 5.44. The molecule has 0 aliphatic rings. The van der Waals surface area contributed by atoms with Crippen molar-refractivity contribution in [3.05, 3.63) is 47.9 Å². The van der Waals surface area contributed by atoms with Gasteiger partial charge in [-0.25, -0.2) is 4.98 Å². The standard InChI is InChI=1S/C17H24N4/c1-14-13-19-15(2)17(20-14)18-11-7-8-12-21(3)16-9-5-4-6-10-16/h4-6,9-10,13H,7-8,11-12H2,1-3H3,(H,18,20). The van der Waals surface area contributed by atoms with Crippen molar-refractivity contribution in [3.63, 3.8) is 0 Å². The Kier molecular flexibility index (Phi) is 5.55. The highest BCUT2D eigenvalue weighted by Crippen LogP contribution is 2.12. The first-order chi connectivity index (χ1) is 10.2. The van der Waals surface area contributed by atoms with E-state index in [0.29, 0.717) is 0 Å². The maximum absolute atomic E-state index is 4.47. The Bertz CT molecular complexity index is 554. The summed E-state index contributed by atoms with van der Waals surface area (Å²) in [6.45, 7) is 5.94. The van der Waals surface area contributed by atoms with E-state index in [-0.39, 0.29) is 0 Å². The molecule has 0 amide bonds. The molecule has 4 nitrogen and oxygen atoms in total. The molecule has 0 unspecified atom stereocenters. The smallest absolute Gasteiger partial charge is 0.147 e. The molecule has 0 fully saturated rings. The predicted octanol–water partition coefficient (Wildman–Crippen LogP) is 3.42. The molecule has 1 aromatic heterocycles. The number of unbranched alkanes of at least 4 members (excludes halogenated alkanes) is 1. The molecule has 0 radical (unpaired) electrons. The molecule has 112 valence electrons. The number of hydrogen-bond donors (Lipinski definition) is 1. The zero-order valence-electron chi connectivity index (χ0n) is 13.1. The molecule has 0 spiro atoms. The van der Waals surface area contributed by atoms with E-state index in [1.807, 2.05) is 19.9 Å². The van der Waals surface area contributed by atoms with Crippen LogP contribution in [0.1, 0.15) is 24.2 Å². The van der Waals surface area contributed by atoms with E-state index in [0.717, 1.165) is 43.1 Å². The largest absolute Gasteiger partial charge is 0.375 e. The maximum atomic E-state index is 4.47. The molecule has 2 aromatic rings. The quantitative estimate of drug-likeness (QED) is 0.791. The predicted molar refractivity (Wildman–Crippen MR) is 88.9 cm³/mol. The number of benzene rings is 1. The summed E-state index contributed by atoms with van der Waals surface area (Å²) < 4.78 is 0. The van der Waals surface area contributed by atoms with E-state index < -0.39 is 0 Å². The topological polar surface area (TPSA) is 41.1 Å². The highest BCUT2D eigenvalue weighted by atomic mass is 15.1. The third-order valence-corrected chi connectivity index (χ3v) is 3.49. The number of para-hydroxylation sites is 1. The second-order valence-corrected chi connectivity index (χ2v) is 5.34. The first-order valence-corrected chi connectivity index (χ1v) is 7.47. The number of hydrogen-bond acceptors (Lipinski definition) is 4. The molecule has 21 heavy (non-hydrogen) atoms. The lowest BCUT2D eigenvalue weighted by Crippen LogP contribution is -2.19. The number of aromatic nitrogens is 2. The Morgan fingerprint density at radius 2 is 1.86 bits per heavy atom. The fourth-order valence-corrected chi connectivity index (χ4v) is 2.20. The summed E-state index contributed by atoms with van der Waals surface area (Å²) in [4.78, 5) is 11.1. The molecule has 0 aliphatic carbocycles. The summed E-state index contributed by atoms with van der Waals surface area (Å²) in [5.74, 6) is 0.909. The van der Waals surface area contributed by atoms with Crippen LogP contribution in [-0.4, -0.2) is 30.1 Å². The van der Waals surface area contributed by atoms with Crippen molar-refractivity contribution in [2.45, 2.75) is 26.7 Å². The van der Waals surface area contributed by atoms with Crippen molar-refractivity contribution in [2.24, 2.45) is 0 Å². The van der Waals surface area contributed by atoms with Crippen molar-refractivity contribution in [2.75, 3.05) is 30.4 Å². The Morgan fingerprint density at radius 3 is 2.62 bits per heavy atom. The molecule has 1 aromatic carbocycles. The Hall–Kier alpha value is -2.10. The molecule has 4 heteroatoms. The first-order valence-electron chi connectivity index (χ1n) is 7.47. The second kappa shape index (κ2) is 7.62. The highest BCUT2D eigenvalue weighted by Gasteiger charge is 2.02. The van der Waals surface area contributed by atoms with Crippen LogP contribution in [-0.2, 0) is 0 Å². The summed E-state index contributed by atoms with van der Waals surface area (Å²) >= 11 is 0. The van der Waals surface area contributed by atoms with Crippen LogP contribution in [0.25, 0.3) is 0 Å². The van der Waals surface area contributed by atoms with Crippen molar-refractivity contribution >= 4 is 11.5 Å². The average Bonchev–Trinajstić information content (AvgIpc) is 2.51. The van der Waals surface area contributed by atoms with E-state index >= 15 is 0 Å². The number of rotatable bonds is 7. The normalized spacial score (nSPS) is 10.4. The van der Waals surface area contributed by atoms with Gasteiger partial charge in [-0.1, -0.05) is 18.2 Å². The van der Waals surface area contributed by atoms with Crippen LogP contribution >= 0.6 is 0 Å². The average molecular weight is 284 g/mol. The maximum Gasteiger partial charge on any atom is 0.147 e. The third-order valence-electron chi connectivity index (χ3n) is 3.49. The van der Waals surface area contributed by atoms with Crippen molar-refractivity contribution in [3.8, 4) is 0 Å². The van der Waals surface area contributed by atoms with Crippen molar-refractivity contribution in [1.29, 1.82) is 0 Å². The third kappa shape index (κ3) is 4.74. The Morgan fingerprint density at radius 1 is 1.10 bits per heavy atom. The fraction of sp³-hybridized carbons (Fsp3) is 0.412. The number of aryl methyl sites for hydroxylation is 2. The molecule has 0 bridgehead atoms. The van der Waals surface area contributed by atoms with Gasteiger partial charge >= 0.3 is 0 Å². The molecular formula is C17H24N4. The van der Waals surface area contributed by atoms with Gasteiger partial charge in [0, 0.05) is 32.0 Å². The minimum Gasteiger partial charge on any atom is -0.375 e. The lowest BCUT2D eigenvalue weighted by Gasteiger charge is -2.19. The molecular weight excluding hydrogens is 260 g/mol. The van der Waals surface area contributed by atoms with Gasteiger partial charge in [-0.2, -0.15) is 0 Å². The van der Waals surface area contributed by atoms with Gasteiger partial charge in [-0.3, -0.25) is 4.98 Å². The van der Waals surface area contributed by atoms with Crippen LogP contribution in [0.3, 0.4) is 0 Å². The molecule has 0 atom stereocenters. The van der Waals surface area contributed by atoms with Crippen LogP contribution in [0.4, 0.5) is 11.5 Å². The molecule has 1 N–H and O–H groups in total. The van der Waals surface area contributed by atoms with E-state index in [4.69, 9.17) is 0 Å². The van der Waals surface area contributed by atoms with Crippen LogP contribution in [0.2, 0.25) is 0 Å². The minimum atomic E-state index is 0.909. The molecule has 0 saturated heterocycles. The van der Waals surface area contributed by atoms with Crippen LogP contribution < -0.4 is 10.2 Å². The van der Waals surface area contributed by atoms with E-state index in [1.54, 1.807) is 6.20 Å². The first kappa shape index (κ1) is 15.3. The van der Waals surface area contributed by atoms with Crippen LogP contribution in [0.15, 0.2) is 36.5 Å². The molecule has 2 rings (SSSR count). The zero-order valence-corrected chi connectivity index (χ0v) is 13.1. The molecule has 0 saturated carbocycles. The summed E-state index contributed by atoms with van der Waals surface area (Å²) in [6, 6.07) is 10.5. The Labute approximate surface area is 127 Å². The SMILES string of the molecule is Cc1cnc(C)c(NCCCCN(C)c2ccccc2)n1. The van der Waals surface area contributed by atoms with Gasteiger partial charge in [0.25, 0.3) is 0 Å². The van der Waals surface area contributed by atoms with Crippen molar-refractivity contribution in [1.82, 2.24) is 9.97 Å². The van der Waals surface area contributed by atoms with Gasteiger partial charge in [-0.15, -0.1) is 0 Å². The fourth-order valence-electron chi connectivity index (χ4n) is 2.20. The van der Waals surface area contributed by atoms with Gasteiger partial charge in [0.15, 0.2) is 0 Å². The van der Waals surface area contributed by atoms with Crippen LogP contribution in [0.5, 0.6) is 0 Å². The summed E-state index contributed by atoms with van der Waals surface area (Å²) in [5.41, 5.74) is 3.18. The molecule has 1 heterocycles. The van der Waals surface area contributed by atoms with Gasteiger partial charge < -0.3 is 10.2 Å². The number of anilines is 2. The van der Waals surface area contributed by atoms with E-state index in [9.17, 15) is 0 Å². The summed E-state index contributed by atoms with van der Waals surface area (Å²) in [5, 5.41) is 3.38. The minimum absolute atomic E-state index is 0.909. The van der Waals surface area contributed by atoms with Gasteiger partial charge in [0.05, 0.1) is 11.4 Å². The van der Waals surface area contributed by atoms with E-state index in [1.165, 1.54) is 5.69 Å². The zero-order chi connectivity index (χ0) is 15.1. The van der Waals surface area contributed by atoms with Crippen molar-refractivity contribution < 1.29 is 0 Å². The van der Waals surface area contributed by atoms with E-state index in [2.05, 4.69) is 51.5 Å². The Balaban J connectivity index is 1.69. The number of nitrogens with zero attached hydrogens (tertiary/aromatic N) is 3. The lowest BCUT2D eigenvalue weighted by molar-refractivity contribution is 0.740. The number of nitrogens with one attached hydrogen (secondary N) is 1. The summed E-state index contributed by atoms with van der Waals surface area (Å²) in [7, 11) is 2.14. The second-order valence-electron chi connectivity index (χ2n) is 5.34. The van der Waals surface area contributed by atoms with Gasteiger partial charge in [0.1, 0.15) is 5.82 Å². The van der Waals surface area contributed by atoms with Gasteiger partial charge in [-0.05, 0) is 38.8 Å². The summed E-state index contributed by atoms with van der Waals surface area (Å²) in [6.07, 6.45) is 4.07. The van der Waals surface area contributed by atoms with Gasteiger partial charge in [0.2, 0.25) is 0 Å². The monoisotopic (exact) mass is 284 g/mol. The molecule has 0 aliphatic heterocycles. The lowest BCUT2D eigenvalue weighted by atomic mass is 10.2.